The van der Waals surface area contributed by atoms with Crippen molar-refractivity contribution in [3.05, 3.63) is 54.2 Å². The van der Waals surface area contributed by atoms with Crippen molar-refractivity contribution in [2.75, 3.05) is 18.4 Å². The molecular formula is C17H16N6O2. The van der Waals surface area contributed by atoms with Crippen LogP contribution in [0.5, 0.6) is 0 Å². The van der Waals surface area contributed by atoms with Crippen molar-refractivity contribution in [3.8, 4) is 11.6 Å². The predicted octanol–water partition coefficient (Wildman–Crippen LogP) is 2.47. The van der Waals surface area contributed by atoms with E-state index in [1.54, 1.807) is 23.4 Å². The predicted molar refractivity (Wildman–Crippen MR) is 89.8 cm³/mol. The van der Waals surface area contributed by atoms with Crippen LogP contribution in [0.1, 0.15) is 17.4 Å². The zero-order valence-electron chi connectivity index (χ0n) is 13.6. The van der Waals surface area contributed by atoms with E-state index in [1.165, 1.54) is 0 Å². The average Bonchev–Trinajstić information content (AvgIpc) is 3.04. The number of nitrogens with one attached hydrogen (secondary N) is 1. The molecule has 0 aliphatic carbocycles. The lowest BCUT2D eigenvalue weighted by atomic mass is 10.0. The number of rotatable bonds is 3. The number of urea groups is 1. The Morgan fingerprint density at radius 3 is 2.76 bits per heavy atom. The van der Waals surface area contributed by atoms with E-state index in [4.69, 9.17) is 4.52 Å². The SMILES string of the molecule is Cc1cccc(NC(=O)N2CC(c3nc(-c4ncccn4)no3)C2)c1. The van der Waals surface area contributed by atoms with Gasteiger partial charge in [0, 0.05) is 31.2 Å². The van der Waals surface area contributed by atoms with E-state index in [-0.39, 0.29) is 11.9 Å². The molecule has 0 spiro atoms. The van der Waals surface area contributed by atoms with Gasteiger partial charge in [-0.15, -0.1) is 0 Å². The maximum atomic E-state index is 12.2. The van der Waals surface area contributed by atoms with E-state index < -0.39 is 0 Å². The number of hydrogen-bond donors (Lipinski definition) is 1. The molecule has 1 aliphatic rings. The highest BCUT2D eigenvalue weighted by molar-refractivity contribution is 5.90. The van der Waals surface area contributed by atoms with Crippen molar-refractivity contribution in [3.63, 3.8) is 0 Å². The molecule has 4 rings (SSSR count). The molecule has 1 aromatic carbocycles. The second-order valence-corrected chi connectivity index (χ2v) is 5.93. The van der Waals surface area contributed by atoms with Crippen LogP contribution < -0.4 is 5.32 Å². The summed E-state index contributed by atoms with van der Waals surface area (Å²) in [5.41, 5.74) is 1.88. The van der Waals surface area contributed by atoms with E-state index >= 15 is 0 Å². The number of likely N-dealkylation sites (tertiary alicyclic amines) is 1. The number of carbonyl (C=O) groups excluding carboxylic acids is 1. The Labute approximate surface area is 143 Å². The van der Waals surface area contributed by atoms with E-state index in [1.807, 2.05) is 31.2 Å². The van der Waals surface area contributed by atoms with Crippen LogP contribution in [0, 0.1) is 6.92 Å². The van der Waals surface area contributed by atoms with Gasteiger partial charge in [0.1, 0.15) is 0 Å². The molecule has 1 fully saturated rings. The minimum atomic E-state index is -0.131. The van der Waals surface area contributed by atoms with Gasteiger partial charge in [0.25, 0.3) is 0 Å². The van der Waals surface area contributed by atoms with Gasteiger partial charge in [-0.05, 0) is 30.7 Å². The van der Waals surface area contributed by atoms with Crippen LogP contribution in [-0.2, 0) is 0 Å². The van der Waals surface area contributed by atoms with Gasteiger partial charge in [0.05, 0.1) is 5.92 Å². The molecule has 3 heterocycles. The number of carbonyl (C=O) groups is 1. The van der Waals surface area contributed by atoms with E-state index in [0.29, 0.717) is 30.6 Å². The van der Waals surface area contributed by atoms with Crippen LogP contribution in [-0.4, -0.2) is 44.1 Å². The Bertz CT molecular complexity index is 889. The third-order valence-electron chi connectivity index (χ3n) is 3.99. The third kappa shape index (κ3) is 3.18. The first kappa shape index (κ1) is 15.3. The minimum absolute atomic E-state index is 0.0354. The Morgan fingerprint density at radius 1 is 1.20 bits per heavy atom. The fourth-order valence-electron chi connectivity index (χ4n) is 2.63. The van der Waals surface area contributed by atoms with Gasteiger partial charge in [0.2, 0.25) is 17.5 Å². The number of aryl methyl sites for hydroxylation is 1. The van der Waals surface area contributed by atoms with Gasteiger partial charge in [-0.25, -0.2) is 14.8 Å². The highest BCUT2D eigenvalue weighted by Crippen LogP contribution is 2.27. The molecule has 126 valence electrons. The second-order valence-electron chi connectivity index (χ2n) is 5.93. The first-order valence-electron chi connectivity index (χ1n) is 7.92. The molecule has 25 heavy (non-hydrogen) atoms. The van der Waals surface area contributed by atoms with Gasteiger partial charge in [-0.1, -0.05) is 17.3 Å². The molecule has 3 aromatic rings. The van der Waals surface area contributed by atoms with Crippen LogP contribution in [0.2, 0.25) is 0 Å². The smallest absolute Gasteiger partial charge is 0.321 e. The highest BCUT2D eigenvalue weighted by atomic mass is 16.5. The van der Waals surface area contributed by atoms with E-state index in [2.05, 4.69) is 25.4 Å². The number of nitrogens with zero attached hydrogens (tertiary/aromatic N) is 5. The molecule has 8 nitrogen and oxygen atoms in total. The maximum absolute atomic E-state index is 12.2. The number of amides is 2. The molecule has 0 saturated carbocycles. The summed E-state index contributed by atoms with van der Waals surface area (Å²) in [5, 5.41) is 6.79. The number of aromatic nitrogens is 4. The maximum Gasteiger partial charge on any atom is 0.321 e. The molecule has 2 amide bonds. The second kappa shape index (κ2) is 6.31. The van der Waals surface area contributed by atoms with Crippen molar-refractivity contribution >= 4 is 11.7 Å². The number of anilines is 1. The zero-order chi connectivity index (χ0) is 17.2. The van der Waals surface area contributed by atoms with Crippen molar-refractivity contribution < 1.29 is 9.32 Å². The molecule has 8 heteroatoms. The molecule has 0 unspecified atom stereocenters. The van der Waals surface area contributed by atoms with Crippen molar-refractivity contribution in [1.29, 1.82) is 0 Å². The summed E-state index contributed by atoms with van der Waals surface area (Å²) in [4.78, 5) is 26.5. The van der Waals surface area contributed by atoms with Gasteiger partial charge < -0.3 is 14.7 Å². The monoisotopic (exact) mass is 336 g/mol. The van der Waals surface area contributed by atoms with Crippen LogP contribution >= 0.6 is 0 Å². The van der Waals surface area contributed by atoms with Gasteiger partial charge >= 0.3 is 6.03 Å². The van der Waals surface area contributed by atoms with Gasteiger partial charge in [-0.2, -0.15) is 4.98 Å². The largest absolute Gasteiger partial charge is 0.338 e. The van der Waals surface area contributed by atoms with Crippen molar-refractivity contribution in [2.24, 2.45) is 0 Å². The quantitative estimate of drug-likeness (QED) is 0.789. The molecule has 0 radical (unpaired) electrons. The number of hydrogen-bond acceptors (Lipinski definition) is 6. The summed E-state index contributed by atoms with van der Waals surface area (Å²) in [6, 6.07) is 9.29. The Morgan fingerprint density at radius 2 is 2.00 bits per heavy atom. The van der Waals surface area contributed by atoms with Crippen LogP contribution in [0.25, 0.3) is 11.6 Å². The summed E-state index contributed by atoms with van der Waals surface area (Å²) in [6.45, 7) is 3.06. The molecular weight excluding hydrogens is 320 g/mol. The topological polar surface area (TPSA) is 97.0 Å². The summed E-state index contributed by atoms with van der Waals surface area (Å²) >= 11 is 0. The Balaban J connectivity index is 1.36. The molecule has 1 N–H and O–H groups in total. The summed E-state index contributed by atoms with van der Waals surface area (Å²) < 4.78 is 5.29. The lowest BCUT2D eigenvalue weighted by Gasteiger charge is -2.36. The van der Waals surface area contributed by atoms with Gasteiger partial charge in [-0.3, -0.25) is 0 Å². The summed E-state index contributed by atoms with van der Waals surface area (Å²) in [6.07, 6.45) is 3.25. The van der Waals surface area contributed by atoms with Crippen molar-refractivity contribution in [2.45, 2.75) is 12.8 Å². The standard InChI is InChI=1S/C17H16N6O2/c1-11-4-2-5-13(8-11)20-17(24)23-9-12(10-23)16-21-15(22-25-16)14-18-6-3-7-19-14/h2-8,12H,9-10H2,1H3,(H,20,24). The lowest BCUT2D eigenvalue weighted by Crippen LogP contribution is -2.50. The van der Waals surface area contributed by atoms with Crippen LogP contribution in [0.15, 0.2) is 47.2 Å². The van der Waals surface area contributed by atoms with E-state index in [9.17, 15) is 4.79 Å². The highest BCUT2D eigenvalue weighted by Gasteiger charge is 2.36. The summed E-state index contributed by atoms with van der Waals surface area (Å²) in [7, 11) is 0. The molecule has 0 atom stereocenters. The molecule has 2 aromatic heterocycles. The first-order valence-corrected chi connectivity index (χ1v) is 7.92. The molecule has 1 saturated heterocycles. The van der Waals surface area contributed by atoms with Crippen LogP contribution in [0.4, 0.5) is 10.5 Å². The zero-order valence-corrected chi connectivity index (χ0v) is 13.6. The van der Waals surface area contributed by atoms with Gasteiger partial charge in [0.15, 0.2) is 0 Å². The fraction of sp³-hybridized carbons (Fsp3) is 0.235. The molecule has 0 bridgehead atoms. The summed E-state index contributed by atoms with van der Waals surface area (Å²) in [5.74, 6) is 1.32. The Hall–Kier alpha value is -3.29. The van der Waals surface area contributed by atoms with Crippen LogP contribution in [0.3, 0.4) is 0 Å². The van der Waals surface area contributed by atoms with E-state index in [0.717, 1.165) is 11.3 Å². The fourth-order valence-corrected chi connectivity index (χ4v) is 2.63. The van der Waals surface area contributed by atoms with Crippen molar-refractivity contribution in [1.82, 2.24) is 25.0 Å². The Kier molecular flexibility index (Phi) is 3.85. The first-order chi connectivity index (χ1) is 12.2. The number of benzene rings is 1. The minimum Gasteiger partial charge on any atom is -0.338 e. The average molecular weight is 336 g/mol. The molecule has 1 aliphatic heterocycles. The lowest BCUT2D eigenvalue weighted by molar-refractivity contribution is 0.147. The third-order valence-corrected chi connectivity index (χ3v) is 3.99. The normalized spacial score (nSPS) is 14.2.